The molecule has 0 heterocycles. The quantitative estimate of drug-likeness (QED) is 0.758. The van der Waals surface area contributed by atoms with Gasteiger partial charge in [0.2, 0.25) is 5.91 Å². The molecule has 1 aromatic carbocycles. The third-order valence-corrected chi connectivity index (χ3v) is 2.69. The van der Waals surface area contributed by atoms with Crippen molar-refractivity contribution < 1.29 is 4.79 Å². The fourth-order valence-electron chi connectivity index (χ4n) is 1.55. The van der Waals surface area contributed by atoms with Gasteiger partial charge in [0.05, 0.1) is 0 Å². The first kappa shape index (κ1) is 17.2. The van der Waals surface area contributed by atoms with Gasteiger partial charge >= 0.3 is 0 Å². The Labute approximate surface area is 120 Å². The van der Waals surface area contributed by atoms with E-state index in [1.165, 1.54) is 0 Å². The number of nitrogens with one attached hydrogen (secondary N) is 2. The first-order valence-corrected chi connectivity index (χ1v) is 6.26. The summed E-state index contributed by atoms with van der Waals surface area (Å²) in [5.74, 6) is 0.113. The van der Waals surface area contributed by atoms with Crippen molar-refractivity contribution in [2.24, 2.45) is 0 Å². The minimum atomic E-state index is 0. The van der Waals surface area contributed by atoms with Crippen molar-refractivity contribution in [3.05, 3.63) is 34.9 Å². The molecule has 0 bridgehead atoms. The maximum absolute atomic E-state index is 11.4. The normalized spacial score (nSPS) is 9.67. The second kappa shape index (κ2) is 10.2. The highest BCUT2D eigenvalue weighted by Crippen LogP contribution is 2.10. The van der Waals surface area contributed by atoms with E-state index in [9.17, 15) is 4.79 Å². The van der Waals surface area contributed by atoms with Crippen molar-refractivity contribution in [2.45, 2.75) is 19.3 Å². The van der Waals surface area contributed by atoms with Gasteiger partial charge in [0.25, 0.3) is 0 Å². The molecule has 1 amide bonds. The predicted molar refractivity (Wildman–Crippen MR) is 78.6 cm³/mol. The van der Waals surface area contributed by atoms with E-state index < -0.39 is 0 Å². The van der Waals surface area contributed by atoms with E-state index >= 15 is 0 Å². The predicted octanol–water partition coefficient (Wildman–Crippen LogP) is 2.42. The minimum Gasteiger partial charge on any atom is -0.356 e. The van der Waals surface area contributed by atoms with E-state index in [4.69, 9.17) is 11.6 Å². The molecule has 0 radical (unpaired) electrons. The molecule has 3 nitrogen and oxygen atoms in total. The summed E-state index contributed by atoms with van der Waals surface area (Å²) in [4.78, 5) is 11.4. The Morgan fingerprint density at radius 1 is 1.33 bits per heavy atom. The SMILES string of the molecule is CNCCCC(=O)NCCc1cccc(Cl)c1.Cl. The molecule has 0 spiro atoms. The largest absolute Gasteiger partial charge is 0.356 e. The fraction of sp³-hybridized carbons (Fsp3) is 0.462. The Balaban J connectivity index is 0.00000289. The van der Waals surface area contributed by atoms with Gasteiger partial charge < -0.3 is 10.6 Å². The second-order valence-corrected chi connectivity index (χ2v) is 4.37. The van der Waals surface area contributed by atoms with Gasteiger partial charge in [-0.25, -0.2) is 0 Å². The second-order valence-electron chi connectivity index (χ2n) is 3.94. The van der Waals surface area contributed by atoms with Gasteiger partial charge in [-0.3, -0.25) is 4.79 Å². The van der Waals surface area contributed by atoms with E-state index in [-0.39, 0.29) is 18.3 Å². The van der Waals surface area contributed by atoms with Crippen LogP contribution in [0.3, 0.4) is 0 Å². The summed E-state index contributed by atoms with van der Waals surface area (Å²) >= 11 is 5.88. The Hall–Kier alpha value is -0.770. The van der Waals surface area contributed by atoms with E-state index in [2.05, 4.69) is 10.6 Å². The molecule has 0 saturated carbocycles. The molecule has 102 valence electrons. The van der Waals surface area contributed by atoms with Crippen LogP contribution in [-0.2, 0) is 11.2 Å². The average molecular weight is 291 g/mol. The number of rotatable bonds is 7. The smallest absolute Gasteiger partial charge is 0.220 e. The molecule has 5 heteroatoms. The molecule has 0 aliphatic carbocycles. The number of carbonyl (C=O) groups excluding carboxylic acids is 1. The Morgan fingerprint density at radius 3 is 2.78 bits per heavy atom. The van der Waals surface area contributed by atoms with E-state index in [0.29, 0.717) is 13.0 Å². The fourth-order valence-corrected chi connectivity index (χ4v) is 1.77. The van der Waals surface area contributed by atoms with Crippen LogP contribution in [0.15, 0.2) is 24.3 Å². The van der Waals surface area contributed by atoms with Crippen LogP contribution in [0.2, 0.25) is 5.02 Å². The molecule has 0 fully saturated rings. The summed E-state index contributed by atoms with van der Waals surface area (Å²) in [6, 6.07) is 7.71. The lowest BCUT2D eigenvalue weighted by molar-refractivity contribution is -0.121. The molecule has 0 unspecified atom stereocenters. The third kappa shape index (κ3) is 7.54. The Morgan fingerprint density at radius 2 is 2.11 bits per heavy atom. The molecule has 0 atom stereocenters. The molecular formula is C13H20Cl2N2O. The molecular weight excluding hydrogens is 271 g/mol. The highest BCUT2D eigenvalue weighted by Gasteiger charge is 2.00. The van der Waals surface area contributed by atoms with Crippen molar-refractivity contribution in [1.29, 1.82) is 0 Å². The van der Waals surface area contributed by atoms with Crippen molar-refractivity contribution in [3.63, 3.8) is 0 Å². The number of halogens is 2. The van der Waals surface area contributed by atoms with Crippen LogP contribution in [0, 0.1) is 0 Å². The molecule has 0 aliphatic rings. The molecule has 0 aromatic heterocycles. The molecule has 0 saturated heterocycles. The lowest BCUT2D eigenvalue weighted by Gasteiger charge is -2.05. The highest BCUT2D eigenvalue weighted by atomic mass is 35.5. The van der Waals surface area contributed by atoms with E-state index in [0.717, 1.165) is 30.0 Å². The zero-order chi connectivity index (χ0) is 12.5. The highest BCUT2D eigenvalue weighted by molar-refractivity contribution is 6.30. The lowest BCUT2D eigenvalue weighted by atomic mass is 10.1. The first-order chi connectivity index (χ1) is 8.22. The number of benzene rings is 1. The molecule has 1 rings (SSSR count). The number of amides is 1. The average Bonchev–Trinajstić information content (AvgIpc) is 2.29. The zero-order valence-electron chi connectivity index (χ0n) is 10.5. The van der Waals surface area contributed by atoms with Crippen molar-refractivity contribution >= 4 is 29.9 Å². The summed E-state index contributed by atoms with van der Waals surface area (Å²) in [6.45, 7) is 1.54. The van der Waals surface area contributed by atoms with Crippen LogP contribution >= 0.6 is 24.0 Å². The van der Waals surface area contributed by atoms with Gasteiger partial charge in [-0.1, -0.05) is 23.7 Å². The number of carbonyl (C=O) groups is 1. The van der Waals surface area contributed by atoms with Crippen LogP contribution in [0.1, 0.15) is 18.4 Å². The van der Waals surface area contributed by atoms with Crippen molar-refractivity contribution in [1.82, 2.24) is 10.6 Å². The monoisotopic (exact) mass is 290 g/mol. The molecule has 2 N–H and O–H groups in total. The maximum atomic E-state index is 11.4. The summed E-state index contributed by atoms with van der Waals surface area (Å²) < 4.78 is 0. The van der Waals surface area contributed by atoms with Crippen molar-refractivity contribution in [3.8, 4) is 0 Å². The van der Waals surface area contributed by atoms with Gasteiger partial charge in [-0.15, -0.1) is 12.4 Å². The zero-order valence-corrected chi connectivity index (χ0v) is 12.1. The summed E-state index contributed by atoms with van der Waals surface area (Å²) in [6.07, 6.45) is 2.27. The van der Waals surface area contributed by atoms with E-state index in [1.54, 1.807) is 0 Å². The standard InChI is InChI=1S/C13H19ClN2O.ClH/c1-15-8-3-6-13(17)16-9-7-11-4-2-5-12(14)10-11;/h2,4-5,10,15H,3,6-9H2,1H3,(H,16,17);1H. The van der Waals surface area contributed by atoms with Crippen molar-refractivity contribution in [2.75, 3.05) is 20.1 Å². The molecule has 0 aliphatic heterocycles. The summed E-state index contributed by atoms with van der Waals surface area (Å²) in [7, 11) is 1.89. The van der Waals surface area contributed by atoms with Crippen LogP contribution < -0.4 is 10.6 Å². The lowest BCUT2D eigenvalue weighted by Crippen LogP contribution is -2.26. The Bertz CT molecular complexity index is 359. The van der Waals surface area contributed by atoms with Crippen LogP contribution in [-0.4, -0.2) is 26.0 Å². The van der Waals surface area contributed by atoms with Gasteiger partial charge in [0.1, 0.15) is 0 Å². The molecule has 1 aromatic rings. The Kier molecular flexibility index (Phi) is 9.74. The topological polar surface area (TPSA) is 41.1 Å². The van der Waals surface area contributed by atoms with Crippen LogP contribution in [0.25, 0.3) is 0 Å². The summed E-state index contributed by atoms with van der Waals surface area (Å²) in [5, 5.41) is 6.66. The van der Waals surface area contributed by atoms with Gasteiger partial charge in [0.15, 0.2) is 0 Å². The number of hydrogen-bond donors (Lipinski definition) is 2. The maximum Gasteiger partial charge on any atom is 0.220 e. The van der Waals surface area contributed by atoms with E-state index in [1.807, 2.05) is 31.3 Å². The van der Waals surface area contributed by atoms with Gasteiger partial charge in [-0.2, -0.15) is 0 Å². The van der Waals surface area contributed by atoms with Crippen LogP contribution in [0.5, 0.6) is 0 Å². The van der Waals surface area contributed by atoms with Gasteiger partial charge in [-0.05, 0) is 44.1 Å². The number of hydrogen-bond acceptors (Lipinski definition) is 2. The van der Waals surface area contributed by atoms with Gasteiger partial charge in [0, 0.05) is 18.0 Å². The van der Waals surface area contributed by atoms with Crippen LogP contribution in [0.4, 0.5) is 0 Å². The molecule has 18 heavy (non-hydrogen) atoms. The third-order valence-electron chi connectivity index (χ3n) is 2.46. The minimum absolute atomic E-state index is 0. The summed E-state index contributed by atoms with van der Waals surface area (Å²) in [5.41, 5.74) is 1.15. The first-order valence-electron chi connectivity index (χ1n) is 5.88.